The van der Waals surface area contributed by atoms with Gasteiger partial charge in [-0.2, -0.15) is 0 Å². The molecule has 4 rings (SSSR count). The first kappa shape index (κ1) is 16.4. The molecule has 3 saturated carbocycles. The highest BCUT2D eigenvalue weighted by molar-refractivity contribution is 5.91. The number of hydrogen-bond acceptors (Lipinski definition) is 2. The highest BCUT2D eigenvalue weighted by Gasteiger charge is 2.61. The van der Waals surface area contributed by atoms with E-state index in [4.69, 9.17) is 0 Å². The molecule has 0 saturated heterocycles. The number of aliphatic hydroxyl groups is 1. The summed E-state index contributed by atoms with van der Waals surface area (Å²) < 4.78 is 0. The molecular weight excluding hydrogens is 296 g/mol. The molecule has 0 amide bonds. The Hall–Kier alpha value is -1.07. The van der Waals surface area contributed by atoms with Crippen LogP contribution in [0.3, 0.4) is 0 Å². The Labute approximate surface area is 146 Å². The van der Waals surface area contributed by atoms with Crippen LogP contribution in [0.2, 0.25) is 0 Å². The van der Waals surface area contributed by atoms with Crippen molar-refractivity contribution in [3.63, 3.8) is 0 Å². The Morgan fingerprint density at radius 3 is 2.79 bits per heavy atom. The lowest BCUT2D eigenvalue weighted by atomic mass is 9.50. The molecule has 0 heterocycles. The largest absolute Gasteiger partial charge is 0.377 e. The standard InChI is InChI=1S/C22H30O2/c1-3-4-11-22(24)13-10-20-19-7-5-15-14-16(23)6-8-17(15)18(19)9-12-21(20,22)2/h14,17-20,24H,3,5-10,12-13H2,1-2H3. The highest BCUT2D eigenvalue weighted by atomic mass is 16.3. The molecule has 0 aromatic heterocycles. The zero-order valence-electron chi connectivity index (χ0n) is 15.1. The van der Waals surface area contributed by atoms with Gasteiger partial charge in [-0.05, 0) is 74.7 Å². The van der Waals surface area contributed by atoms with Crippen molar-refractivity contribution in [3.8, 4) is 11.8 Å². The van der Waals surface area contributed by atoms with Crippen molar-refractivity contribution in [1.82, 2.24) is 0 Å². The molecule has 2 nitrogen and oxygen atoms in total. The summed E-state index contributed by atoms with van der Waals surface area (Å²) in [5.74, 6) is 9.45. The van der Waals surface area contributed by atoms with Crippen LogP contribution in [-0.4, -0.2) is 16.5 Å². The number of carbonyl (C=O) groups is 1. The molecule has 4 aliphatic rings. The summed E-state index contributed by atoms with van der Waals surface area (Å²) >= 11 is 0. The predicted molar refractivity (Wildman–Crippen MR) is 95.1 cm³/mol. The van der Waals surface area contributed by atoms with Crippen molar-refractivity contribution in [2.24, 2.45) is 29.1 Å². The monoisotopic (exact) mass is 326 g/mol. The van der Waals surface area contributed by atoms with Crippen molar-refractivity contribution in [2.75, 3.05) is 0 Å². The fraction of sp³-hybridized carbons (Fsp3) is 0.773. The van der Waals surface area contributed by atoms with Crippen LogP contribution in [0.5, 0.6) is 0 Å². The first-order valence-electron chi connectivity index (χ1n) is 9.94. The first-order valence-corrected chi connectivity index (χ1v) is 9.94. The molecule has 0 bridgehead atoms. The zero-order chi connectivity index (χ0) is 16.9. The van der Waals surface area contributed by atoms with Crippen LogP contribution in [0.4, 0.5) is 0 Å². The fourth-order valence-electron chi connectivity index (χ4n) is 6.64. The fourth-order valence-corrected chi connectivity index (χ4v) is 6.64. The van der Waals surface area contributed by atoms with E-state index >= 15 is 0 Å². The summed E-state index contributed by atoms with van der Waals surface area (Å²) in [5, 5.41) is 11.3. The van der Waals surface area contributed by atoms with E-state index in [1.165, 1.54) is 18.4 Å². The van der Waals surface area contributed by atoms with Gasteiger partial charge in [-0.25, -0.2) is 0 Å². The van der Waals surface area contributed by atoms with Gasteiger partial charge in [0.05, 0.1) is 0 Å². The number of hydrogen-bond donors (Lipinski definition) is 1. The summed E-state index contributed by atoms with van der Waals surface area (Å²) in [6.07, 6.45) is 11.2. The lowest BCUT2D eigenvalue weighted by molar-refractivity contribution is -0.116. The van der Waals surface area contributed by atoms with Crippen LogP contribution in [0.25, 0.3) is 0 Å². The van der Waals surface area contributed by atoms with E-state index in [0.29, 0.717) is 17.6 Å². The van der Waals surface area contributed by atoms with Gasteiger partial charge < -0.3 is 5.11 Å². The van der Waals surface area contributed by atoms with Gasteiger partial charge in [-0.1, -0.05) is 25.3 Å². The molecule has 130 valence electrons. The quantitative estimate of drug-likeness (QED) is 0.675. The molecule has 6 atom stereocenters. The van der Waals surface area contributed by atoms with E-state index < -0.39 is 5.60 Å². The highest BCUT2D eigenvalue weighted by Crippen LogP contribution is 2.64. The molecule has 24 heavy (non-hydrogen) atoms. The summed E-state index contributed by atoms with van der Waals surface area (Å²) in [6.45, 7) is 4.36. The first-order chi connectivity index (χ1) is 11.5. The van der Waals surface area contributed by atoms with Crippen LogP contribution >= 0.6 is 0 Å². The number of ketones is 1. The van der Waals surface area contributed by atoms with Crippen molar-refractivity contribution < 1.29 is 9.90 Å². The Morgan fingerprint density at radius 2 is 2.00 bits per heavy atom. The van der Waals surface area contributed by atoms with Crippen molar-refractivity contribution in [3.05, 3.63) is 11.6 Å². The maximum Gasteiger partial charge on any atom is 0.155 e. The molecule has 1 N–H and O–H groups in total. The van der Waals surface area contributed by atoms with Gasteiger partial charge in [0.1, 0.15) is 5.60 Å². The normalized spacial score (nSPS) is 47.0. The lowest BCUT2D eigenvalue weighted by Crippen LogP contribution is -2.52. The molecule has 2 heteroatoms. The molecule has 0 spiro atoms. The van der Waals surface area contributed by atoms with Crippen LogP contribution in [0, 0.1) is 40.9 Å². The second kappa shape index (κ2) is 5.73. The van der Waals surface area contributed by atoms with E-state index in [1.807, 2.05) is 6.08 Å². The second-order valence-corrected chi connectivity index (χ2v) is 8.81. The summed E-state index contributed by atoms with van der Waals surface area (Å²) in [4.78, 5) is 11.8. The Kier molecular flexibility index (Phi) is 3.92. The van der Waals surface area contributed by atoms with Crippen LogP contribution < -0.4 is 0 Å². The number of carbonyl (C=O) groups excluding carboxylic acids is 1. The SMILES string of the molecule is CCC#CC1(O)CCC2C3CCC4=CC(=O)CCC4C3CCC21C. The van der Waals surface area contributed by atoms with Crippen molar-refractivity contribution in [2.45, 2.75) is 77.2 Å². The minimum atomic E-state index is -0.780. The molecule has 0 aliphatic heterocycles. The molecule has 0 aromatic carbocycles. The second-order valence-electron chi connectivity index (χ2n) is 8.81. The predicted octanol–water partition coefficient (Wildman–Crippen LogP) is 4.27. The van der Waals surface area contributed by atoms with Gasteiger partial charge >= 0.3 is 0 Å². The van der Waals surface area contributed by atoms with Gasteiger partial charge in [0.2, 0.25) is 0 Å². The van der Waals surface area contributed by atoms with Crippen LogP contribution in [0.15, 0.2) is 11.6 Å². The smallest absolute Gasteiger partial charge is 0.155 e. The Morgan fingerprint density at radius 1 is 1.17 bits per heavy atom. The molecular formula is C22H30O2. The molecule has 3 fully saturated rings. The molecule has 0 radical (unpaired) electrons. The van der Waals surface area contributed by atoms with Gasteiger partial charge in [0, 0.05) is 18.3 Å². The maximum absolute atomic E-state index is 11.8. The van der Waals surface area contributed by atoms with Crippen molar-refractivity contribution >= 4 is 5.78 Å². The number of fused-ring (bicyclic) bond motifs is 5. The molecule has 0 aromatic rings. The lowest BCUT2D eigenvalue weighted by Gasteiger charge is -2.54. The minimum absolute atomic E-state index is 0.0396. The van der Waals surface area contributed by atoms with E-state index in [1.54, 1.807) is 0 Å². The molecule has 6 unspecified atom stereocenters. The third-order valence-corrected chi connectivity index (χ3v) is 7.92. The summed E-state index contributed by atoms with van der Waals surface area (Å²) in [6, 6.07) is 0. The minimum Gasteiger partial charge on any atom is -0.377 e. The van der Waals surface area contributed by atoms with Crippen LogP contribution in [0.1, 0.15) is 71.6 Å². The third kappa shape index (κ3) is 2.24. The maximum atomic E-state index is 11.8. The Balaban J connectivity index is 1.62. The topological polar surface area (TPSA) is 37.3 Å². The Bertz CT molecular complexity index is 636. The van der Waals surface area contributed by atoms with Crippen molar-refractivity contribution in [1.29, 1.82) is 0 Å². The summed E-state index contributed by atoms with van der Waals surface area (Å²) in [7, 11) is 0. The molecule has 4 aliphatic carbocycles. The average Bonchev–Trinajstić information content (AvgIpc) is 2.84. The van der Waals surface area contributed by atoms with Gasteiger partial charge in [0.15, 0.2) is 5.78 Å². The van der Waals surface area contributed by atoms with Gasteiger partial charge in [0.25, 0.3) is 0 Å². The number of rotatable bonds is 0. The van der Waals surface area contributed by atoms with Gasteiger partial charge in [-0.3, -0.25) is 4.79 Å². The number of allylic oxidation sites excluding steroid dienone is 1. The van der Waals surface area contributed by atoms with Crippen LogP contribution in [-0.2, 0) is 4.79 Å². The third-order valence-electron chi connectivity index (χ3n) is 7.92. The average molecular weight is 326 g/mol. The van der Waals surface area contributed by atoms with Gasteiger partial charge in [-0.15, -0.1) is 5.92 Å². The van der Waals surface area contributed by atoms with E-state index in [2.05, 4.69) is 25.7 Å². The van der Waals surface area contributed by atoms with E-state index in [9.17, 15) is 9.90 Å². The zero-order valence-corrected chi connectivity index (χ0v) is 15.1. The van der Waals surface area contributed by atoms with E-state index in [0.717, 1.165) is 56.8 Å². The summed E-state index contributed by atoms with van der Waals surface area (Å²) in [5.41, 5.74) is 0.620. The van der Waals surface area contributed by atoms with E-state index in [-0.39, 0.29) is 5.41 Å².